The predicted octanol–water partition coefficient (Wildman–Crippen LogP) is 4.72. The number of nitrogens with zero attached hydrogens (tertiary/aromatic N) is 4. The van der Waals surface area contributed by atoms with E-state index in [2.05, 4.69) is 9.88 Å². The Bertz CT molecular complexity index is 1570. The van der Waals surface area contributed by atoms with Crippen LogP contribution in [-0.4, -0.2) is 79.6 Å². The molecule has 6 rings (SSSR count). The summed E-state index contributed by atoms with van der Waals surface area (Å²) < 4.78 is 34.8. The van der Waals surface area contributed by atoms with Crippen LogP contribution in [0.3, 0.4) is 0 Å². The Kier molecular flexibility index (Phi) is 8.54. The molecule has 2 aliphatic heterocycles. The molecular formula is C31H36N4O6S2. The number of aromatic nitrogens is 1. The molecule has 3 aliphatic rings. The minimum absolute atomic E-state index is 0.0353. The van der Waals surface area contributed by atoms with E-state index < -0.39 is 34.0 Å². The Morgan fingerprint density at radius 2 is 1.77 bits per heavy atom. The van der Waals surface area contributed by atoms with Crippen LogP contribution in [0.15, 0.2) is 59.6 Å². The van der Waals surface area contributed by atoms with Gasteiger partial charge in [0.2, 0.25) is 15.9 Å². The molecule has 2 atom stereocenters. The average Bonchev–Trinajstić information content (AvgIpc) is 3.49. The molecule has 2 aromatic heterocycles. The number of amides is 1. The van der Waals surface area contributed by atoms with E-state index in [0.717, 1.165) is 53.9 Å². The van der Waals surface area contributed by atoms with E-state index in [1.54, 1.807) is 30.0 Å². The highest BCUT2D eigenvalue weighted by molar-refractivity contribution is 7.89. The maximum atomic E-state index is 14.2. The zero-order valence-corrected chi connectivity index (χ0v) is 25.7. The fourth-order valence-electron chi connectivity index (χ4n) is 6.49. The molecule has 1 saturated carbocycles. The summed E-state index contributed by atoms with van der Waals surface area (Å²) in [6.45, 7) is 4.22. The molecule has 0 spiro atoms. The number of carbonyl (C=O) groups excluding carboxylic acids is 1. The monoisotopic (exact) mass is 624 g/mol. The van der Waals surface area contributed by atoms with Crippen LogP contribution < -0.4 is 9.80 Å². The van der Waals surface area contributed by atoms with Crippen LogP contribution in [0.5, 0.6) is 0 Å². The van der Waals surface area contributed by atoms with Crippen molar-refractivity contribution in [3.05, 3.63) is 59.6 Å². The van der Waals surface area contributed by atoms with Gasteiger partial charge in [-0.2, -0.15) is 4.31 Å². The lowest BCUT2D eigenvalue weighted by Crippen LogP contribution is -2.64. The number of ether oxygens (including phenoxy) is 1. The van der Waals surface area contributed by atoms with Crippen LogP contribution in [0.25, 0.3) is 10.4 Å². The van der Waals surface area contributed by atoms with Crippen LogP contribution in [-0.2, 0) is 19.6 Å². The molecule has 3 fully saturated rings. The van der Waals surface area contributed by atoms with Crippen molar-refractivity contribution in [1.29, 1.82) is 0 Å². The van der Waals surface area contributed by atoms with Gasteiger partial charge in [0.25, 0.3) is 0 Å². The number of sulfonamides is 1. The van der Waals surface area contributed by atoms with Gasteiger partial charge in [0, 0.05) is 30.7 Å². The van der Waals surface area contributed by atoms with Crippen molar-refractivity contribution in [1.82, 2.24) is 9.29 Å². The van der Waals surface area contributed by atoms with Crippen LogP contribution in [0.1, 0.15) is 48.7 Å². The van der Waals surface area contributed by atoms with Gasteiger partial charge in [-0.3, -0.25) is 4.79 Å². The average molecular weight is 625 g/mol. The fraction of sp³-hybridized carbons (Fsp3) is 0.452. The van der Waals surface area contributed by atoms with Gasteiger partial charge in [-0.05, 0) is 49.4 Å². The highest BCUT2D eigenvalue weighted by Crippen LogP contribution is 2.43. The number of hydrogen-bond acceptors (Lipinski definition) is 8. The van der Waals surface area contributed by atoms with Gasteiger partial charge in [-0.15, -0.1) is 11.3 Å². The Morgan fingerprint density at radius 3 is 2.42 bits per heavy atom. The second-order valence-corrected chi connectivity index (χ2v) is 14.3. The van der Waals surface area contributed by atoms with Gasteiger partial charge in [-0.1, -0.05) is 49.6 Å². The lowest BCUT2D eigenvalue weighted by atomic mass is 9.82. The minimum atomic E-state index is -4.07. The van der Waals surface area contributed by atoms with Crippen molar-refractivity contribution < 1.29 is 27.9 Å². The van der Waals surface area contributed by atoms with Crippen LogP contribution >= 0.6 is 11.3 Å². The Labute approximate surface area is 255 Å². The molecule has 0 radical (unpaired) electrons. The zero-order chi connectivity index (χ0) is 30.1. The molecule has 1 aliphatic carbocycles. The number of carboxylic acid groups (broad SMARTS) is 1. The molecule has 3 aromatic rings. The number of benzene rings is 1. The first kappa shape index (κ1) is 29.7. The van der Waals surface area contributed by atoms with Gasteiger partial charge in [-0.25, -0.2) is 18.2 Å². The van der Waals surface area contributed by atoms with Crippen molar-refractivity contribution in [3.63, 3.8) is 0 Å². The van der Waals surface area contributed by atoms with Crippen molar-refractivity contribution in [2.45, 2.75) is 56.0 Å². The summed E-state index contributed by atoms with van der Waals surface area (Å²) >= 11 is 1.14. The van der Waals surface area contributed by atoms with E-state index in [-0.39, 0.29) is 22.2 Å². The molecule has 0 bridgehead atoms. The first-order valence-electron chi connectivity index (χ1n) is 14.8. The van der Waals surface area contributed by atoms with Gasteiger partial charge in [0.1, 0.15) is 21.6 Å². The summed E-state index contributed by atoms with van der Waals surface area (Å²) in [6.07, 6.45) is 6.14. The van der Waals surface area contributed by atoms with Gasteiger partial charge in [0.05, 0.1) is 24.9 Å². The number of morpholine rings is 1. The highest BCUT2D eigenvalue weighted by Gasteiger charge is 2.48. The topological polar surface area (TPSA) is 120 Å². The van der Waals surface area contributed by atoms with E-state index >= 15 is 0 Å². The van der Waals surface area contributed by atoms with E-state index in [0.29, 0.717) is 37.8 Å². The van der Waals surface area contributed by atoms with Crippen LogP contribution in [0.4, 0.5) is 11.5 Å². The summed E-state index contributed by atoms with van der Waals surface area (Å²) in [5.74, 6) is -0.787. The number of hydrogen-bond donors (Lipinski definition) is 1. The van der Waals surface area contributed by atoms with E-state index in [4.69, 9.17) is 4.74 Å². The summed E-state index contributed by atoms with van der Waals surface area (Å²) in [5, 5.41) is 10.2. The summed E-state index contributed by atoms with van der Waals surface area (Å²) in [6, 6.07) is 13.0. The molecule has 12 heteroatoms. The third-order valence-corrected chi connectivity index (χ3v) is 11.9. The number of carboxylic acids is 1. The van der Waals surface area contributed by atoms with E-state index in [1.807, 2.05) is 30.3 Å². The number of thiophene rings is 1. The summed E-state index contributed by atoms with van der Waals surface area (Å²) in [7, 11) is -4.07. The minimum Gasteiger partial charge on any atom is -0.477 e. The normalized spacial score (nSPS) is 22.6. The molecule has 1 N–H and O–H groups in total. The Balaban J connectivity index is 1.36. The second-order valence-electron chi connectivity index (χ2n) is 11.4. The lowest BCUT2D eigenvalue weighted by molar-refractivity contribution is -0.124. The number of aromatic carboxylic acids is 1. The van der Waals surface area contributed by atoms with Gasteiger partial charge in [0.15, 0.2) is 0 Å². The second kappa shape index (κ2) is 12.4. The quantitative estimate of drug-likeness (QED) is 0.401. The van der Waals surface area contributed by atoms with Crippen molar-refractivity contribution >= 4 is 44.7 Å². The van der Waals surface area contributed by atoms with Crippen LogP contribution in [0.2, 0.25) is 0 Å². The van der Waals surface area contributed by atoms with E-state index in [9.17, 15) is 23.1 Å². The van der Waals surface area contributed by atoms with Gasteiger partial charge >= 0.3 is 5.97 Å². The van der Waals surface area contributed by atoms with Crippen LogP contribution in [0, 0.1) is 5.92 Å². The first-order valence-corrected chi connectivity index (χ1v) is 17.1. The Hall–Kier alpha value is -3.32. The number of piperazine rings is 1. The molecule has 1 amide bonds. The smallest absolute Gasteiger partial charge is 0.348 e. The standard InChI is InChI=1S/C31H36N4O6S2/c1-21-30(36)35(25-18-27(42-29(25)31(37)38)23-10-6-3-7-11-23)26(22-8-4-2-5-9-22)20-34(21)43(39,40)24-12-13-28(32-19-24)33-14-16-41-17-15-33/h3,6-7,10-13,18-19,21-22,26H,2,4-5,8-9,14-17,20H2,1H3,(H,37,38). The zero-order valence-electron chi connectivity index (χ0n) is 24.1. The first-order chi connectivity index (χ1) is 20.8. The maximum Gasteiger partial charge on any atom is 0.348 e. The lowest BCUT2D eigenvalue weighted by Gasteiger charge is -2.47. The molecule has 4 heterocycles. The van der Waals surface area contributed by atoms with E-state index in [1.165, 1.54) is 10.5 Å². The molecule has 228 valence electrons. The van der Waals surface area contributed by atoms with Gasteiger partial charge < -0.3 is 19.6 Å². The van der Waals surface area contributed by atoms with Crippen molar-refractivity contribution in [3.8, 4) is 10.4 Å². The number of rotatable bonds is 7. The molecule has 10 nitrogen and oxygen atoms in total. The molecule has 2 saturated heterocycles. The number of pyridine rings is 1. The summed E-state index contributed by atoms with van der Waals surface area (Å²) in [5.41, 5.74) is 1.21. The third kappa shape index (κ3) is 5.81. The largest absolute Gasteiger partial charge is 0.477 e. The van der Waals surface area contributed by atoms with Crippen molar-refractivity contribution in [2.24, 2.45) is 5.92 Å². The molecule has 43 heavy (non-hydrogen) atoms. The highest BCUT2D eigenvalue weighted by atomic mass is 32.2. The van der Waals surface area contributed by atoms with Crippen molar-refractivity contribution in [2.75, 3.05) is 42.6 Å². The SMILES string of the molecule is CC1C(=O)N(c2cc(-c3ccccc3)sc2C(=O)O)C(C2CCCCC2)CN1S(=O)(=O)c1ccc(N2CCOCC2)nc1. The Morgan fingerprint density at radius 1 is 1.05 bits per heavy atom. The molecule has 1 aromatic carbocycles. The fourth-order valence-corrected chi connectivity index (χ4v) is 9.04. The number of anilines is 2. The molecule has 2 unspecified atom stereocenters. The summed E-state index contributed by atoms with van der Waals surface area (Å²) in [4.78, 5) is 35.7. The molecular weight excluding hydrogens is 588 g/mol. The predicted molar refractivity (Wildman–Crippen MR) is 165 cm³/mol. The third-order valence-electron chi connectivity index (χ3n) is 8.81. The maximum absolute atomic E-state index is 14.2. The number of carbonyl (C=O) groups is 2.